The number of aliphatic carboxylic acids is 1. The number of nitrogens with zero attached hydrogens (tertiary/aromatic N) is 1. The molecular formula is C5H11N5O3. The van der Waals surface area contributed by atoms with Crippen molar-refractivity contribution in [2.45, 2.75) is 6.04 Å². The second kappa shape index (κ2) is 4.93. The van der Waals surface area contributed by atoms with Crippen molar-refractivity contribution in [3.8, 4) is 0 Å². The molecule has 8 heteroatoms. The van der Waals surface area contributed by atoms with Crippen LogP contribution in [0, 0.1) is 0 Å². The van der Waals surface area contributed by atoms with Crippen LogP contribution in [0.25, 0.3) is 0 Å². The van der Waals surface area contributed by atoms with Crippen molar-refractivity contribution in [1.29, 1.82) is 0 Å². The van der Waals surface area contributed by atoms with E-state index in [1.807, 2.05) is 0 Å². The minimum absolute atomic E-state index is 0.231. The molecular weight excluding hydrogens is 178 g/mol. The summed E-state index contributed by atoms with van der Waals surface area (Å²) in [6.07, 6.45) is 0. The van der Waals surface area contributed by atoms with Gasteiger partial charge in [-0.05, 0) is 0 Å². The molecule has 0 radical (unpaired) electrons. The Hall–Kier alpha value is -1.83. The van der Waals surface area contributed by atoms with Crippen molar-refractivity contribution >= 4 is 18.0 Å². The van der Waals surface area contributed by atoms with Crippen LogP contribution in [-0.2, 0) is 4.79 Å². The van der Waals surface area contributed by atoms with Crippen molar-refractivity contribution in [2.24, 2.45) is 22.2 Å². The fourth-order valence-corrected chi connectivity index (χ4v) is 0.441. The van der Waals surface area contributed by atoms with Crippen molar-refractivity contribution in [3.63, 3.8) is 0 Å². The third-order valence-electron chi connectivity index (χ3n) is 1.02. The lowest BCUT2D eigenvalue weighted by Gasteiger charge is -2.05. The normalized spacial score (nSPS) is 11.5. The van der Waals surface area contributed by atoms with Gasteiger partial charge in [-0.15, -0.1) is 0 Å². The van der Waals surface area contributed by atoms with Gasteiger partial charge in [0.15, 0.2) is 5.96 Å². The maximum Gasteiger partial charge on any atom is 0.344 e. The van der Waals surface area contributed by atoms with E-state index in [9.17, 15) is 9.59 Å². The Morgan fingerprint density at radius 3 is 2.38 bits per heavy atom. The smallest absolute Gasteiger partial charge is 0.344 e. The number of hydrogen-bond donors (Lipinski definition) is 5. The molecule has 0 aliphatic heterocycles. The number of urea groups is 1. The first kappa shape index (κ1) is 11.2. The Balaban J connectivity index is 3.84. The average molecular weight is 189 g/mol. The third-order valence-corrected chi connectivity index (χ3v) is 1.02. The summed E-state index contributed by atoms with van der Waals surface area (Å²) < 4.78 is 0. The zero-order chi connectivity index (χ0) is 10.4. The lowest BCUT2D eigenvalue weighted by Crippen LogP contribution is -2.42. The summed E-state index contributed by atoms with van der Waals surface area (Å²) in [5.41, 5.74) is 14.8. The molecule has 1 atom stereocenters. The molecule has 8 nitrogen and oxygen atoms in total. The van der Waals surface area contributed by atoms with Gasteiger partial charge in [0.25, 0.3) is 0 Å². The molecule has 0 saturated heterocycles. The van der Waals surface area contributed by atoms with Crippen LogP contribution in [0.3, 0.4) is 0 Å². The number of hydrogen-bond acceptors (Lipinski definition) is 3. The van der Waals surface area contributed by atoms with Gasteiger partial charge in [0.2, 0.25) is 0 Å². The molecule has 0 saturated carbocycles. The molecule has 0 spiro atoms. The molecule has 0 heterocycles. The third kappa shape index (κ3) is 5.44. The van der Waals surface area contributed by atoms with Gasteiger partial charge < -0.3 is 27.6 Å². The van der Waals surface area contributed by atoms with E-state index in [4.69, 9.17) is 22.3 Å². The number of rotatable bonds is 3. The molecule has 0 rings (SSSR count). The average Bonchev–Trinajstić information content (AvgIpc) is 1.98. The summed E-state index contributed by atoms with van der Waals surface area (Å²) in [6.45, 7) is -0.231. The van der Waals surface area contributed by atoms with Crippen molar-refractivity contribution in [2.75, 3.05) is 6.54 Å². The van der Waals surface area contributed by atoms with E-state index < -0.39 is 24.0 Å². The zero-order valence-corrected chi connectivity index (χ0v) is 6.73. The van der Waals surface area contributed by atoms with Crippen LogP contribution in [0.4, 0.5) is 4.79 Å². The molecule has 0 aliphatic carbocycles. The van der Waals surface area contributed by atoms with E-state index in [0.29, 0.717) is 0 Å². The molecule has 0 unspecified atom stereocenters. The minimum Gasteiger partial charge on any atom is -0.480 e. The second-order valence-corrected chi connectivity index (χ2v) is 2.17. The topological polar surface area (TPSA) is 157 Å². The fourth-order valence-electron chi connectivity index (χ4n) is 0.441. The summed E-state index contributed by atoms with van der Waals surface area (Å²) in [5.74, 6) is -1.62. The van der Waals surface area contributed by atoms with Gasteiger partial charge >= 0.3 is 12.0 Å². The molecule has 0 aromatic rings. The quantitative estimate of drug-likeness (QED) is 0.241. The number of carboxylic acids is 1. The molecule has 74 valence electrons. The summed E-state index contributed by atoms with van der Waals surface area (Å²) in [5, 5.41) is 10.4. The maximum absolute atomic E-state index is 10.7. The van der Waals surface area contributed by atoms with Gasteiger partial charge in [-0.3, -0.25) is 4.79 Å². The van der Waals surface area contributed by atoms with Crippen LogP contribution < -0.4 is 22.5 Å². The molecule has 8 N–H and O–H groups in total. The van der Waals surface area contributed by atoms with Crippen LogP contribution in [0.5, 0.6) is 0 Å². The van der Waals surface area contributed by atoms with Crippen LogP contribution in [0.1, 0.15) is 0 Å². The van der Waals surface area contributed by atoms with Crippen molar-refractivity contribution < 1.29 is 14.7 Å². The van der Waals surface area contributed by atoms with Gasteiger partial charge in [-0.1, -0.05) is 0 Å². The van der Waals surface area contributed by atoms with E-state index in [2.05, 4.69) is 10.3 Å². The Morgan fingerprint density at radius 2 is 2.00 bits per heavy atom. The number of amides is 2. The number of nitrogens with one attached hydrogen (secondary N) is 1. The highest BCUT2D eigenvalue weighted by Crippen LogP contribution is 1.77. The Labute approximate surface area is 73.8 Å². The van der Waals surface area contributed by atoms with Gasteiger partial charge in [0.1, 0.15) is 6.04 Å². The van der Waals surface area contributed by atoms with E-state index in [1.54, 1.807) is 0 Å². The highest BCUT2D eigenvalue weighted by molar-refractivity contribution is 5.90. The predicted octanol–water partition coefficient (Wildman–Crippen LogP) is -2.62. The summed E-state index contributed by atoms with van der Waals surface area (Å²) in [7, 11) is 0. The van der Waals surface area contributed by atoms with Gasteiger partial charge in [0, 0.05) is 6.54 Å². The van der Waals surface area contributed by atoms with Crippen LogP contribution in [-0.4, -0.2) is 35.7 Å². The van der Waals surface area contributed by atoms with Crippen molar-refractivity contribution in [1.82, 2.24) is 5.32 Å². The fraction of sp³-hybridized carbons (Fsp3) is 0.400. The summed E-state index contributed by atoms with van der Waals surface area (Å²) >= 11 is 0. The van der Waals surface area contributed by atoms with E-state index in [0.717, 1.165) is 0 Å². The predicted molar refractivity (Wildman–Crippen MR) is 44.8 cm³/mol. The first-order chi connectivity index (χ1) is 5.93. The van der Waals surface area contributed by atoms with Gasteiger partial charge in [-0.2, -0.15) is 4.99 Å². The lowest BCUT2D eigenvalue weighted by atomic mass is 10.3. The molecule has 13 heavy (non-hydrogen) atoms. The lowest BCUT2D eigenvalue weighted by molar-refractivity contribution is -0.138. The van der Waals surface area contributed by atoms with Gasteiger partial charge in [-0.25, -0.2) is 4.79 Å². The highest BCUT2D eigenvalue weighted by atomic mass is 16.4. The summed E-state index contributed by atoms with van der Waals surface area (Å²) in [4.78, 5) is 23.9. The Morgan fingerprint density at radius 1 is 1.46 bits per heavy atom. The molecule has 0 aromatic carbocycles. The van der Waals surface area contributed by atoms with Crippen LogP contribution in [0.15, 0.2) is 4.99 Å². The molecule has 2 amide bonds. The number of carboxylic acid groups (broad SMARTS) is 1. The largest absolute Gasteiger partial charge is 0.480 e. The number of nitrogens with two attached hydrogens (primary N) is 3. The van der Waals surface area contributed by atoms with E-state index >= 15 is 0 Å². The molecule has 0 bridgehead atoms. The summed E-state index contributed by atoms with van der Waals surface area (Å²) in [6, 6.07) is -1.99. The molecule has 0 aromatic heterocycles. The minimum atomic E-state index is -1.22. The number of carbonyl (C=O) groups excluding carboxylic acids is 1. The van der Waals surface area contributed by atoms with Crippen LogP contribution in [0.2, 0.25) is 0 Å². The van der Waals surface area contributed by atoms with Crippen LogP contribution >= 0.6 is 0 Å². The zero-order valence-electron chi connectivity index (χ0n) is 6.73. The number of aliphatic imine (C=N–C) groups is 1. The Kier molecular flexibility index (Phi) is 4.24. The monoisotopic (exact) mass is 189 g/mol. The maximum atomic E-state index is 10.7. The molecule has 0 fully saturated rings. The first-order valence-corrected chi connectivity index (χ1v) is 3.29. The van der Waals surface area contributed by atoms with E-state index in [1.165, 1.54) is 0 Å². The number of carbonyl (C=O) groups is 2. The van der Waals surface area contributed by atoms with Gasteiger partial charge in [0.05, 0.1) is 0 Å². The second-order valence-electron chi connectivity index (χ2n) is 2.17. The first-order valence-electron chi connectivity index (χ1n) is 3.29. The Bertz CT molecular complexity index is 234. The van der Waals surface area contributed by atoms with Crippen molar-refractivity contribution in [3.05, 3.63) is 0 Å². The molecule has 0 aliphatic rings. The standard InChI is InChI=1S/C5H11N5O3/c6-2(3(11)12)1-9-5(13)10-4(7)8/h2H,1,6H2,(H,11,12)(H5,7,8,9,10,13)/t2-/m0/s1. The SMILES string of the molecule is NC(N)=NC(=O)NC[C@H](N)C(=O)O. The number of guanidine groups is 1. The van der Waals surface area contributed by atoms with E-state index in [-0.39, 0.29) is 6.54 Å². The highest BCUT2D eigenvalue weighted by Gasteiger charge is 2.11.